The van der Waals surface area contributed by atoms with Gasteiger partial charge in [0.05, 0.1) is 5.25 Å². The maximum atomic E-state index is 11.9. The van der Waals surface area contributed by atoms with Crippen molar-refractivity contribution in [3.8, 4) is 0 Å². The number of fused-ring (bicyclic) bond motifs is 1. The van der Waals surface area contributed by atoms with Gasteiger partial charge in [0.15, 0.2) is 0 Å². The molecule has 2 rings (SSSR count). The van der Waals surface area contributed by atoms with Gasteiger partial charge in [0.1, 0.15) is 0 Å². The average molecular weight is 401 g/mol. The third-order valence-electron chi connectivity index (χ3n) is 3.81. The molecule has 0 aliphatic carbocycles. The van der Waals surface area contributed by atoms with E-state index in [1.54, 1.807) is 13.8 Å². The molecular formula is C17H25BrN2O2S. The van der Waals surface area contributed by atoms with Crippen LogP contribution in [-0.2, 0) is 23.0 Å². The number of sulfonamides is 1. The number of rotatable bonds is 7. The first-order valence-corrected chi connectivity index (χ1v) is 10.3. The van der Waals surface area contributed by atoms with Gasteiger partial charge >= 0.3 is 0 Å². The molecule has 1 heterocycles. The van der Waals surface area contributed by atoms with Crippen LogP contribution in [0.15, 0.2) is 28.9 Å². The predicted molar refractivity (Wildman–Crippen MR) is 100 cm³/mol. The molecule has 128 valence electrons. The zero-order valence-electron chi connectivity index (χ0n) is 14.1. The Balaban J connectivity index is 2.24. The van der Waals surface area contributed by atoms with Gasteiger partial charge in [0.25, 0.3) is 0 Å². The van der Waals surface area contributed by atoms with Crippen molar-refractivity contribution in [3.05, 3.63) is 34.4 Å². The van der Waals surface area contributed by atoms with Gasteiger partial charge < -0.3 is 4.57 Å². The molecule has 1 aromatic heterocycles. The summed E-state index contributed by atoms with van der Waals surface area (Å²) in [5, 5.41) is 0.790. The van der Waals surface area contributed by atoms with Crippen LogP contribution < -0.4 is 4.72 Å². The fourth-order valence-corrected chi connectivity index (χ4v) is 3.65. The van der Waals surface area contributed by atoms with E-state index in [2.05, 4.69) is 57.4 Å². The Morgan fingerprint density at radius 2 is 1.91 bits per heavy atom. The highest BCUT2D eigenvalue weighted by Crippen LogP contribution is 2.26. The summed E-state index contributed by atoms with van der Waals surface area (Å²) in [5.74, 6) is 0.553. The van der Waals surface area contributed by atoms with Crippen LogP contribution in [0.1, 0.15) is 33.3 Å². The summed E-state index contributed by atoms with van der Waals surface area (Å²) >= 11 is 3.53. The van der Waals surface area contributed by atoms with Gasteiger partial charge in [-0.05, 0) is 43.9 Å². The molecule has 0 bridgehead atoms. The average Bonchev–Trinajstić information content (AvgIpc) is 2.75. The lowest BCUT2D eigenvalue weighted by molar-refractivity contribution is 0.534. The number of hydrogen-bond donors (Lipinski definition) is 1. The van der Waals surface area contributed by atoms with Gasteiger partial charge in [-0.1, -0.05) is 35.8 Å². The van der Waals surface area contributed by atoms with Crippen molar-refractivity contribution < 1.29 is 8.42 Å². The van der Waals surface area contributed by atoms with E-state index in [0.29, 0.717) is 18.9 Å². The molecule has 0 saturated carbocycles. The van der Waals surface area contributed by atoms with E-state index in [1.807, 2.05) is 6.07 Å². The van der Waals surface area contributed by atoms with Crippen molar-refractivity contribution in [1.82, 2.24) is 9.29 Å². The van der Waals surface area contributed by atoms with Crippen molar-refractivity contribution in [2.75, 3.05) is 6.54 Å². The Kier molecular flexibility index (Phi) is 5.92. The van der Waals surface area contributed by atoms with E-state index in [9.17, 15) is 8.42 Å². The summed E-state index contributed by atoms with van der Waals surface area (Å²) in [7, 11) is -3.20. The van der Waals surface area contributed by atoms with Gasteiger partial charge in [-0.15, -0.1) is 0 Å². The van der Waals surface area contributed by atoms with Crippen molar-refractivity contribution in [2.24, 2.45) is 5.92 Å². The minimum atomic E-state index is -3.20. The van der Waals surface area contributed by atoms with Crippen molar-refractivity contribution in [3.63, 3.8) is 0 Å². The van der Waals surface area contributed by atoms with Crippen molar-refractivity contribution in [2.45, 2.75) is 45.9 Å². The normalized spacial score (nSPS) is 12.7. The van der Waals surface area contributed by atoms with Crippen LogP contribution in [-0.4, -0.2) is 24.8 Å². The van der Waals surface area contributed by atoms with Crippen LogP contribution in [0.4, 0.5) is 0 Å². The molecule has 4 nitrogen and oxygen atoms in total. The highest BCUT2D eigenvalue weighted by atomic mass is 79.9. The zero-order valence-corrected chi connectivity index (χ0v) is 16.5. The monoisotopic (exact) mass is 400 g/mol. The van der Waals surface area contributed by atoms with E-state index >= 15 is 0 Å². The molecule has 0 radical (unpaired) electrons. The molecular weight excluding hydrogens is 376 g/mol. The van der Waals surface area contributed by atoms with Gasteiger partial charge in [0, 0.05) is 34.7 Å². The minimum absolute atomic E-state index is 0.402. The summed E-state index contributed by atoms with van der Waals surface area (Å²) in [6, 6.07) is 6.26. The van der Waals surface area contributed by atoms with E-state index < -0.39 is 15.3 Å². The number of halogens is 1. The van der Waals surface area contributed by atoms with Crippen molar-refractivity contribution >= 4 is 36.9 Å². The number of hydrogen-bond acceptors (Lipinski definition) is 2. The molecule has 1 aromatic carbocycles. The number of aromatic nitrogens is 1. The Bertz CT molecular complexity index is 779. The molecule has 0 aliphatic rings. The third kappa shape index (κ3) is 4.58. The van der Waals surface area contributed by atoms with Crippen LogP contribution in [0.3, 0.4) is 0 Å². The number of benzene rings is 1. The Hall–Kier alpha value is -0.850. The molecule has 6 heteroatoms. The van der Waals surface area contributed by atoms with E-state index in [-0.39, 0.29) is 0 Å². The van der Waals surface area contributed by atoms with Crippen LogP contribution in [0.2, 0.25) is 0 Å². The molecule has 0 amide bonds. The standard InChI is InChI=1S/C17H25BrN2O2S/c1-12(2)10-20-11-14(7-8-19-23(21,22)13(3)4)16-6-5-15(18)9-17(16)20/h5-6,9,11-13,19H,7-8,10H2,1-4H3. The number of nitrogens with one attached hydrogen (secondary N) is 1. The fourth-order valence-electron chi connectivity index (χ4n) is 2.58. The van der Waals surface area contributed by atoms with Crippen molar-refractivity contribution in [1.29, 1.82) is 0 Å². The first-order chi connectivity index (χ1) is 10.7. The third-order valence-corrected chi connectivity index (χ3v) is 6.15. The van der Waals surface area contributed by atoms with Gasteiger partial charge in [0.2, 0.25) is 10.0 Å². The topological polar surface area (TPSA) is 51.1 Å². The minimum Gasteiger partial charge on any atom is -0.347 e. The first-order valence-electron chi connectivity index (χ1n) is 7.96. The highest BCUT2D eigenvalue weighted by Gasteiger charge is 2.15. The summed E-state index contributed by atoms with van der Waals surface area (Å²) in [6.07, 6.45) is 2.84. The lowest BCUT2D eigenvalue weighted by Gasteiger charge is -2.09. The highest BCUT2D eigenvalue weighted by molar-refractivity contribution is 9.10. The van der Waals surface area contributed by atoms with E-state index in [4.69, 9.17) is 0 Å². The molecule has 0 fully saturated rings. The van der Waals surface area contributed by atoms with Gasteiger partial charge in [-0.3, -0.25) is 0 Å². The molecule has 23 heavy (non-hydrogen) atoms. The molecule has 0 atom stereocenters. The molecule has 0 spiro atoms. The van der Waals surface area contributed by atoms with E-state index in [1.165, 1.54) is 16.5 Å². The molecule has 2 aromatic rings. The quantitative estimate of drug-likeness (QED) is 0.764. The maximum absolute atomic E-state index is 11.9. The summed E-state index contributed by atoms with van der Waals surface area (Å²) in [4.78, 5) is 0. The predicted octanol–water partition coefficient (Wildman–Crippen LogP) is 3.93. The molecule has 1 N–H and O–H groups in total. The van der Waals surface area contributed by atoms with Crippen LogP contribution in [0.25, 0.3) is 10.9 Å². The van der Waals surface area contributed by atoms with Crippen LogP contribution in [0, 0.1) is 5.92 Å². The molecule has 0 saturated heterocycles. The Morgan fingerprint density at radius 1 is 1.22 bits per heavy atom. The van der Waals surface area contributed by atoms with Crippen LogP contribution >= 0.6 is 15.9 Å². The fraction of sp³-hybridized carbons (Fsp3) is 0.529. The number of nitrogens with zero attached hydrogens (tertiary/aromatic N) is 1. The second-order valence-corrected chi connectivity index (χ2v) is 9.84. The zero-order chi connectivity index (χ0) is 17.2. The van der Waals surface area contributed by atoms with Gasteiger partial charge in [-0.25, -0.2) is 13.1 Å². The maximum Gasteiger partial charge on any atom is 0.213 e. The summed E-state index contributed by atoms with van der Waals surface area (Å²) in [6.45, 7) is 9.14. The summed E-state index contributed by atoms with van der Waals surface area (Å²) < 4.78 is 29.7. The smallest absolute Gasteiger partial charge is 0.213 e. The second-order valence-electron chi connectivity index (χ2n) is 6.60. The summed E-state index contributed by atoms with van der Waals surface area (Å²) in [5.41, 5.74) is 2.37. The molecule has 0 aliphatic heterocycles. The lowest BCUT2D eigenvalue weighted by Crippen LogP contribution is -2.32. The van der Waals surface area contributed by atoms with E-state index in [0.717, 1.165) is 11.0 Å². The lowest BCUT2D eigenvalue weighted by atomic mass is 10.1. The van der Waals surface area contributed by atoms with Gasteiger partial charge in [-0.2, -0.15) is 0 Å². The SMILES string of the molecule is CC(C)Cn1cc(CCNS(=O)(=O)C(C)C)c2ccc(Br)cc21. The second kappa shape index (κ2) is 7.36. The Labute approximate surface area is 147 Å². The molecule has 0 unspecified atom stereocenters. The largest absolute Gasteiger partial charge is 0.347 e. The first kappa shape index (κ1) is 18.5. The Morgan fingerprint density at radius 3 is 2.52 bits per heavy atom. The van der Waals surface area contributed by atoms with Crippen LogP contribution in [0.5, 0.6) is 0 Å².